The maximum atomic E-state index is 12.7. The number of ether oxygens (including phenoxy) is 1. The first-order chi connectivity index (χ1) is 11.7. The summed E-state index contributed by atoms with van der Waals surface area (Å²) < 4.78 is 33.9. The quantitative estimate of drug-likeness (QED) is 0.740. The summed E-state index contributed by atoms with van der Waals surface area (Å²) in [4.78, 5) is 12.1. The number of rotatable bonds is 6. The SMILES string of the molecule is COc1ccc(C(=O)NC(C)C)cc1S(=O)(=O)Nc1ccc(Br)cc1. The molecule has 0 saturated carbocycles. The molecule has 8 heteroatoms. The third-order valence-corrected chi connectivity index (χ3v) is 5.16. The van der Waals surface area contributed by atoms with E-state index in [0.29, 0.717) is 5.69 Å². The average Bonchev–Trinajstić information content (AvgIpc) is 2.55. The van der Waals surface area contributed by atoms with Gasteiger partial charge in [0.1, 0.15) is 10.6 Å². The second kappa shape index (κ2) is 7.88. The first kappa shape index (κ1) is 19.3. The van der Waals surface area contributed by atoms with Gasteiger partial charge < -0.3 is 10.1 Å². The van der Waals surface area contributed by atoms with E-state index in [1.54, 1.807) is 24.3 Å². The van der Waals surface area contributed by atoms with E-state index in [1.165, 1.54) is 25.3 Å². The topological polar surface area (TPSA) is 84.5 Å². The second-order valence-electron chi connectivity index (χ2n) is 5.61. The van der Waals surface area contributed by atoms with Gasteiger partial charge in [-0.15, -0.1) is 0 Å². The van der Waals surface area contributed by atoms with Crippen LogP contribution in [0.2, 0.25) is 0 Å². The van der Waals surface area contributed by atoms with Crippen LogP contribution in [0.4, 0.5) is 5.69 Å². The highest BCUT2D eigenvalue weighted by Gasteiger charge is 2.22. The summed E-state index contributed by atoms with van der Waals surface area (Å²) in [5.74, 6) is -0.191. The number of nitrogens with one attached hydrogen (secondary N) is 2. The van der Waals surface area contributed by atoms with Crippen LogP contribution in [0.1, 0.15) is 24.2 Å². The Kier molecular flexibility index (Phi) is 6.07. The molecule has 0 fully saturated rings. The number of methoxy groups -OCH3 is 1. The van der Waals surface area contributed by atoms with Crippen LogP contribution in [0.5, 0.6) is 5.75 Å². The van der Waals surface area contributed by atoms with Crippen molar-refractivity contribution in [2.75, 3.05) is 11.8 Å². The van der Waals surface area contributed by atoms with Gasteiger partial charge in [-0.25, -0.2) is 8.42 Å². The number of anilines is 1. The van der Waals surface area contributed by atoms with Crippen molar-refractivity contribution < 1.29 is 17.9 Å². The van der Waals surface area contributed by atoms with E-state index in [9.17, 15) is 13.2 Å². The van der Waals surface area contributed by atoms with Crippen LogP contribution < -0.4 is 14.8 Å². The molecule has 1 amide bonds. The molecule has 2 rings (SSSR count). The smallest absolute Gasteiger partial charge is 0.265 e. The van der Waals surface area contributed by atoms with Crippen molar-refractivity contribution in [2.24, 2.45) is 0 Å². The fourth-order valence-electron chi connectivity index (χ4n) is 2.10. The summed E-state index contributed by atoms with van der Waals surface area (Å²) in [6, 6.07) is 10.9. The number of halogens is 1. The molecule has 0 heterocycles. The molecule has 134 valence electrons. The van der Waals surface area contributed by atoms with Crippen LogP contribution >= 0.6 is 15.9 Å². The second-order valence-corrected chi connectivity index (χ2v) is 8.17. The molecule has 0 aliphatic rings. The average molecular weight is 427 g/mol. The highest BCUT2D eigenvalue weighted by atomic mass is 79.9. The van der Waals surface area contributed by atoms with E-state index in [0.717, 1.165) is 4.47 Å². The molecule has 0 radical (unpaired) electrons. The van der Waals surface area contributed by atoms with Gasteiger partial charge in [0, 0.05) is 21.8 Å². The van der Waals surface area contributed by atoms with Gasteiger partial charge in [0.05, 0.1) is 7.11 Å². The number of hydrogen-bond donors (Lipinski definition) is 2. The zero-order valence-electron chi connectivity index (χ0n) is 14.0. The van der Waals surface area contributed by atoms with Gasteiger partial charge in [0.25, 0.3) is 15.9 Å². The fraction of sp³-hybridized carbons (Fsp3) is 0.235. The van der Waals surface area contributed by atoms with Crippen LogP contribution in [-0.4, -0.2) is 27.5 Å². The van der Waals surface area contributed by atoms with Crippen molar-refractivity contribution in [3.63, 3.8) is 0 Å². The minimum absolute atomic E-state index is 0.0597. The van der Waals surface area contributed by atoms with E-state index >= 15 is 0 Å². The van der Waals surface area contributed by atoms with Crippen molar-refractivity contribution in [1.82, 2.24) is 5.32 Å². The van der Waals surface area contributed by atoms with Gasteiger partial charge in [-0.05, 0) is 56.3 Å². The Labute approximate surface area is 155 Å². The molecule has 2 aromatic carbocycles. The standard InChI is InChI=1S/C17H19BrN2O4S/c1-11(2)19-17(21)12-4-9-15(24-3)16(10-12)25(22,23)20-14-7-5-13(18)6-8-14/h4-11,20H,1-3H3,(H,19,21). The van der Waals surface area contributed by atoms with Gasteiger partial charge in [0.2, 0.25) is 0 Å². The van der Waals surface area contributed by atoms with Crippen molar-refractivity contribution in [3.8, 4) is 5.75 Å². The van der Waals surface area contributed by atoms with Crippen LogP contribution in [0.3, 0.4) is 0 Å². The van der Waals surface area contributed by atoms with Gasteiger partial charge >= 0.3 is 0 Å². The van der Waals surface area contributed by atoms with Crippen molar-refractivity contribution >= 4 is 37.5 Å². The molecule has 0 bridgehead atoms. The molecule has 2 N–H and O–H groups in total. The molecule has 0 aliphatic heterocycles. The lowest BCUT2D eigenvalue weighted by Crippen LogP contribution is -2.30. The highest BCUT2D eigenvalue weighted by molar-refractivity contribution is 9.10. The summed E-state index contributed by atoms with van der Waals surface area (Å²) in [5.41, 5.74) is 0.646. The normalized spacial score (nSPS) is 11.2. The monoisotopic (exact) mass is 426 g/mol. The van der Waals surface area contributed by atoms with Gasteiger partial charge in [-0.3, -0.25) is 9.52 Å². The minimum atomic E-state index is -3.92. The predicted molar refractivity (Wildman–Crippen MR) is 101 cm³/mol. The summed E-state index contributed by atoms with van der Waals surface area (Å²) in [6.45, 7) is 3.66. The Morgan fingerprint density at radius 2 is 1.76 bits per heavy atom. The Balaban J connectivity index is 2.40. The number of hydrogen-bond acceptors (Lipinski definition) is 4. The van der Waals surface area contributed by atoms with Crippen molar-refractivity contribution in [3.05, 3.63) is 52.5 Å². The Hall–Kier alpha value is -2.06. The third-order valence-electron chi connectivity index (χ3n) is 3.23. The van der Waals surface area contributed by atoms with E-state index < -0.39 is 10.0 Å². The molecule has 2 aromatic rings. The number of carbonyl (C=O) groups is 1. The lowest BCUT2D eigenvalue weighted by atomic mass is 10.2. The Bertz CT molecular complexity index is 865. The van der Waals surface area contributed by atoms with Crippen LogP contribution in [-0.2, 0) is 10.0 Å². The van der Waals surface area contributed by atoms with Crippen molar-refractivity contribution in [2.45, 2.75) is 24.8 Å². The predicted octanol–water partition coefficient (Wildman–Crippen LogP) is 3.40. The van der Waals surface area contributed by atoms with Gasteiger partial charge in [-0.2, -0.15) is 0 Å². The Morgan fingerprint density at radius 1 is 1.12 bits per heavy atom. The number of sulfonamides is 1. The molecular weight excluding hydrogens is 408 g/mol. The van der Waals surface area contributed by atoms with Crippen LogP contribution in [0.25, 0.3) is 0 Å². The summed E-state index contributed by atoms with van der Waals surface area (Å²) in [6.07, 6.45) is 0. The molecule has 0 aliphatic carbocycles. The van der Waals surface area contributed by atoms with E-state index in [4.69, 9.17) is 4.74 Å². The number of amides is 1. The summed E-state index contributed by atoms with van der Waals surface area (Å²) in [7, 11) is -2.55. The lowest BCUT2D eigenvalue weighted by Gasteiger charge is -2.14. The minimum Gasteiger partial charge on any atom is -0.495 e. The Morgan fingerprint density at radius 3 is 2.32 bits per heavy atom. The number of carbonyl (C=O) groups excluding carboxylic acids is 1. The third kappa shape index (κ3) is 4.96. The molecule has 0 spiro atoms. The zero-order valence-corrected chi connectivity index (χ0v) is 16.4. The van der Waals surface area contributed by atoms with E-state index in [2.05, 4.69) is 26.0 Å². The van der Waals surface area contributed by atoms with Gasteiger partial charge in [0.15, 0.2) is 0 Å². The molecule has 6 nitrogen and oxygen atoms in total. The summed E-state index contributed by atoms with van der Waals surface area (Å²) in [5, 5.41) is 2.73. The van der Waals surface area contributed by atoms with Crippen LogP contribution in [0, 0.1) is 0 Å². The largest absolute Gasteiger partial charge is 0.495 e. The van der Waals surface area contributed by atoms with Gasteiger partial charge in [-0.1, -0.05) is 15.9 Å². The number of benzene rings is 2. The molecule has 0 saturated heterocycles. The maximum absolute atomic E-state index is 12.7. The van der Waals surface area contributed by atoms with E-state index in [-0.39, 0.29) is 28.2 Å². The highest BCUT2D eigenvalue weighted by Crippen LogP contribution is 2.27. The van der Waals surface area contributed by atoms with Crippen molar-refractivity contribution in [1.29, 1.82) is 0 Å². The summed E-state index contributed by atoms with van der Waals surface area (Å²) >= 11 is 3.30. The molecular formula is C17H19BrN2O4S. The first-order valence-corrected chi connectivity index (χ1v) is 9.78. The molecule has 0 atom stereocenters. The zero-order chi connectivity index (χ0) is 18.6. The fourth-order valence-corrected chi connectivity index (χ4v) is 3.62. The maximum Gasteiger partial charge on any atom is 0.265 e. The van der Waals surface area contributed by atoms with E-state index in [1.807, 2.05) is 13.8 Å². The molecule has 25 heavy (non-hydrogen) atoms. The molecule has 0 unspecified atom stereocenters. The lowest BCUT2D eigenvalue weighted by molar-refractivity contribution is 0.0943. The van der Waals surface area contributed by atoms with Crippen LogP contribution in [0.15, 0.2) is 51.8 Å². The first-order valence-electron chi connectivity index (χ1n) is 7.50. The molecule has 0 aromatic heterocycles.